The highest BCUT2D eigenvalue weighted by molar-refractivity contribution is 4.80. The van der Waals surface area contributed by atoms with E-state index in [1.807, 2.05) is 7.05 Å². The third-order valence-electron chi connectivity index (χ3n) is 3.45. The fourth-order valence-electron chi connectivity index (χ4n) is 2.61. The first kappa shape index (κ1) is 12.0. The first-order valence-corrected chi connectivity index (χ1v) is 6.05. The summed E-state index contributed by atoms with van der Waals surface area (Å²) in [4.78, 5) is 2.69. The minimum Gasteiger partial charge on any atom is -0.319 e. The van der Waals surface area contributed by atoms with E-state index in [1.165, 1.54) is 25.8 Å². The van der Waals surface area contributed by atoms with Crippen molar-refractivity contribution in [3.63, 3.8) is 0 Å². The molecule has 1 aliphatic rings. The Bertz CT molecular complexity index is 148. The van der Waals surface area contributed by atoms with Gasteiger partial charge < -0.3 is 5.32 Å². The minimum atomic E-state index is 0.767. The van der Waals surface area contributed by atoms with Crippen LogP contribution in [-0.4, -0.2) is 37.1 Å². The molecule has 0 amide bonds. The Labute approximate surface area is 89.1 Å². The molecule has 2 heteroatoms. The summed E-state index contributed by atoms with van der Waals surface area (Å²) >= 11 is 0. The predicted octanol–water partition coefficient (Wildman–Crippen LogP) is 2.10. The predicted molar refractivity (Wildman–Crippen MR) is 62.6 cm³/mol. The smallest absolute Gasteiger partial charge is 0.00698 e. The van der Waals surface area contributed by atoms with Crippen molar-refractivity contribution in [2.75, 3.05) is 20.1 Å². The molecule has 1 N–H and O–H groups in total. The lowest BCUT2D eigenvalue weighted by Gasteiger charge is -2.40. The highest BCUT2D eigenvalue weighted by Crippen LogP contribution is 2.23. The van der Waals surface area contributed by atoms with Gasteiger partial charge in [0, 0.05) is 18.6 Å². The summed E-state index contributed by atoms with van der Waals surface area (Å²) in [7, 11) is 2.04. The molecular formula is C12H26N2. The zero-order chi connectivity index (χ0) is 10.6. The molecule has 2 nitrogen and oxygen atoms in total. The second kappa shape index (κ2) is 5.72. The van der Waals surface area contributed by atoms with Gasteiger partial charge in [-0.3, -0.25) is 4.90 Å². The zero-order valence-corrected chi connectivity index (χ0v) is 10.2. The van der Waals surface area contributed by atoms with Crippen molar-refractivity contribution in [2.24, 2.45) is 5.92 Å². The summed E-state index contributed by atoms with van der Waals surface area (Å²) in [6.07, 6.45) is 4.19. The van der Waals surface area contributed by atoms with Crippen molar-refractivity contribution >= 4 is 0 Å². The molecule has 1 heterocycles. The molecule has 1 rings (SSSR count). The Hall–Kier alpha value is -0.0800. The third kappa shape index (κ3) is 3.25. The van der Waals surface area contributed by atoms with Gasteiger partial charge in [-0.05, 0) is 46.2 Å². The minimum absolute atomic E-state index is 0.767. The maximum absolute atomic E-state index is 3.26. The number of nitrogens with one attached hydrogen (secondary N) is 1. The molecular weight excluding hydrogens is 172 g/mol. The molecule has 14 heavy (non-hydrogen) atoms. The van der Waals surface area contributed by atoms with Crippen LogP contribution < -0.4 is 5.32 Å². The van der Waals surface area contributed by atoms with Crippen LogP contribution in [0.3, 0.4) is 0 Å². The van der Waals surface area contributed by atoms with Crippen LogP contribution in [0.4, 0.5) is 0 Å². The van der Waals surface area contributed by atoms with Crippen LogP contribution in [0.2, 0.25) is 0 Å². The van der Waals surface area contributed by atoms with Crippen LogP contribution in [0, 0.1) is 5.92 Å². The summed E-state index contributed by atoms with van der Waals surface area (Å²) in [5.41, 5.74) is 0. The van der Waals surface area contributed by atoms with Crippen molar-refractivity contribution in [1.29, 1.82) is 0 Å². The standard InChI is InChI=1S/C12H26N2/c1-10(8-13-4)9-14-11(2)6-5-7-12(14)3/h10-13H,5-9H2,1-4H3/t10?,11-,12+. The third-order valence-corrected chi connectivity index (χ3v) is 3.45. The molecule has 0 aromatic heterocycles. The van der Waals surface area contributed by atoms with E-state index in [-0.39, 0.29) is 0 Å². The Morgan fingerprint density at radius 2 is 1.86 bits per heavy atom. The SMILES string of the molecule is CNCC(C)CN1[C@H](C)CCC[C@@H]1C. The molecule has 0 aromatic rings. The van der Waals surface area contributed by atoms with E-state index in [0.717, 1.165) is 24.5 Å². The Kier molecular flexibility index (Phi) is 4.90. The fourth-order valence-corrected chi connectivity index (χ4v) is 2.61. The number of likely N-dealkylation sites (tertiary alicyclic amines) is 1. The number of piperidine rings is 1. The lowest BCUT2D eigenvalue weighted by atomic mass is 9.96. The van der Waals surface area contributed by atoms with E-state index in [2.05, 4.69) is 31.0 Å². The number of hydrogen-bond acceptors (Lipinski definition) is 2. The Balaban J connectivity index is 2.39. The van der Waals surface area contributed by atoms with Gasteiger partial charge >= 0.3 is 0 Å². The molecule has 0 spiro atoms. The van der Waals surface area contributed by atoms with Crippen LogP contribution in [0.5, 0.6) is 0 Å². The zero-order valence-electron chi connectivity index (χ0n) is 10.2. The van der Waals surface area contributed by atoms with Gasteiger partial charge in [0.2, 0.25) is 0 Å². The molecule has 1 aliphatic heterocycles. The summed E-state index contributed by atoms with van der Waals surface area (Å²) in [6, 6.07) is 1.58. The molecule has 0 aromatic carbocycles. The number of hydrogen-bond donors (Lipinski definition) is 1. The molecule has 0 radical (unpaired) electrons. The second-order valence-corrected chi connectivity index (χ2v) is 4.99. The van der Waals surface area contributed by atoms with E-state index >= 15 is 0 Å². The molecule has 0 saturated carbocycles. The normalized spacial score (nSPS) is 31.7. The van der Waals surface area contributed by atoms with Crippen molar-refractivity contribution < 1.29 is 0 Å². The topological polar surface area (TPSA) is 15.3 Å². The highest BCUT2D eigenvalue weighted by Gasteiger charge is 2.25. The highest BCUT2D eigenvalue weighted by atomic mass is 15.2. The molecule has 0 aliphatic carbocycles. The van der Waals surface area contributed by atoms with Gasteiger partial charge in [0.25, 0.3) is 0 Å². The molecule has 1 unspecified atom stereocenters. The summed E-state index contributed by atoms with van der Waals surface area (Å²) in [5.74, 6) is 0.767. The summed E-state index contributed by atoms with van der Waals surface area (Å²) in [5, 5.41) is 3.26. The fraction of sp³-hybridized carbons (Fsp3) is 1.00. The van der Waals surface area contributed by atoms with Gasteiger partial charge in [0.15, 0.2) is 0 Å². The van der Waals surface area contributed by atoms with Gasteiger partial charge in [0.05, 0.1) is 0 Å². The first-order chi connectivity index (χ1) is 6.65. The van der Waals surface area contributed by atoms with E-state index in [4.69, 9.17) is 0 Å². The second-order valence-electron chi connectivity index (χ2n) is 4.99. The molecule has 0 bridgehead atoms. The Morgan fingerprint density at radius 1 is 1.29 bits per heavy atom. The monoisotopic (exact) mass is 198 g/mol. The lowest BCUT2D eigenvalue weighted by Crippen LogP contribution is -2.46. The molecule has 1 fully saturated rings. The first-order valence-electron chi connectivity index (χ1n) is 6.05. The average Bonchev–Trinajstić information content (AvgIpc) is 2.12. The average molecular weight is 198 g/mol. The molecule has 1 saturated heterocycles. The largest absolute Gasteiger partial charge is 0.319 e. The summed E-state index contributed by atoms with van der Waals surface area (Å²) in [6.45, 7) is 9.48. The van der Waals surface area contributed by atoms with E-state index in [0.29, 0.717) is 0 Å². The van der Waals surface area contributed by atoms with E-state index in [9.17, 15) is 0 Å². The van der Waals surface area contributed by atoms with Gasteiger partial charge in [-0.1, -0.05) is 13.3 Å². The van der Waals surface area contributed by atoms with Crippen molar-refractivity contribution in [2.45, 2.75) is 52.1 Å². The van der Waals surface area contributed by atoms with Gasteiger partial charge in [-0.2, -0.15) is 0 Å². The molecule has 84 valence electrons. The quantitative estimate of drug-likeness (QED) is 0.744. The van der Waals surface area contributed by atoms with Crippen molar-refractivity contribution in [3.8, 4) is 0 Å². The lowest BCUT2D eigenvalue weighted by molar-refractivity contribution is 0.0871. The van der Waals surface area contributed by atoms with Crippen LogP contribution in [0.15, 0.2) is 0 Å². The summed E-state index contributed by atoms with van der Waals surface area (Å²) < 4.78 is 0. The van der Waals surface area contributed by atoms with E-state index in [1.54, 1.807) is 0 Å². The van der Waals surface area contributed by atoms with E-state index < -0.39 is 0 Å². The van der Waals surface area contributed by atoms with Gasteiger partial charge in [-0.25, -0.2) is 0 Å². The van der Waals surface area contributed by atoms with Gasteiger partial charge in [0.1, 0.15) is 0 Å². The maximum atomic E-state index is 3.26. The van der Waals surface area contributed by atoms with Gasteiger partial charge in [-0.15, -0.1) is 0 Å². The van der Waals surface area contributed by atoms with Crippen molar-refractivity contribution in [1.82, 2.24) is 10.2 Å². The van der Waals surface area contributed by atoms with Crippen LogP contribution in [-0.2, 0) is 0 Å². The maximum Gasteiger partial charge on any atom is 0.00698 e. The molecule has 3 atom stereocenters. The van der Waals surface area contributed by atoms with Crippen molar-refractivity contribution in [3.05, 3.63) is 0 Å². The number of rotatable bonds is 4. The van der Waals surface area contributed by atoms with Crippen LogP contribution in [0.1, 0.15) is 40.0 Å². The van der Waals surface area contributed by atoms with Crippen LogP contribution in [0.25, 0.3) is 0 Å². The number of nitrogens with zero attached hydrogens (tertiary/aromatic N) is 1. The Morgan fingerprint density at radius 3 is 2.36 bits per heavy atom. The van der Waals surface area contributed by atoms with Crippen LogP contribution >= 0.6 is 0 Å².